The monoisotopic (exact) mass is 738 g/mol. The van der Waals surface area contributed by atoms with Gasteiger partial charge in [-0.15, -0.1) is 0 Å². The summed E-state index contributed by atoms with van der Waals surface area (Å²) in [6.45, 7) is 0. The van der Waals surface area contributed by atoms with E-state index in [4.69, 9.17) is 0 Å². The first-order valence-electron chi connectivity index (χ1n) is 19.9. The molecule has 0 atom stereocenters. The average molecular weight is 739 g/mol. The molecule has 0 aliphatic carbocycles. The van der Waals surface area contributed by atoms with Gasteiger partial charge in [0.25, 0.3) is 0 Å². The fourth-order valence-electron chi connectivity index (χ4n) is 8.81. The van der Waals surface area contributed by atoms with Crippen LogP contribution in [0.5, 0.6) is 0 Å². The van der Waals surface area contributed by atoms with E-state index in [9.17, 15) is 0 Å². The molecule has 58 heavy (non-hydrogen) atoms. The summed E-state index contributed by atoms with van der Waals surface area (Å²) in [5, 5.41) is 7.49. The van der Waals surface area contributed by atoms with E-state index >= 15 is 0 Å². The number of hydrogen-bond donors (Lipinski definition) is 0. The molecule has 0 amide bonds. The molecule has 0 radical (unpaired) electrons. The molecule has 0 saturated heterocycles. The van der Waals surface area contributed by atoms with E-state index in [1.165, 1.54) is 65.6 Å². The van der Waals surface area contributed by atoms with E-state index in [1.807, 2.05) is 0 Å². The number of benzene rings is 10. The van der Waals surface area contributed by atoms with E-state index in [0.717, 1.165) is 33.9 Å². The second-order valence-corrected chi connectivity index (χ2v) is 15.0. The third-order valence-electron chi connectivity index (χ3n) is 11.6. The van der Waals surface area contributed by atoms with Gasteiger partial charge in [-0.25, -0.2) is 0 Å². The van der Waals surface area contributed by atoms with E-state index in [-0.39, 0.29) is 0 Å². The minimum Gasteiger partial charge on any atom is -0.310 e. The second-order valence-electron chi connectivity index (χ2n) is 15.0. The van der Waals surface area contributed by atoms with Gasteiger partial charge in [0.1, 0.15) is 0 Å². The highest BCUT2D eigenvalue weighted by Gasteiger charge is 2.19. The number of para-hydroxylation sites is 3. The first kappa shape index (κ1) is 33.6. The molecule has 10 aromatic carbocycles. The Morgan fingerprint density at radius 2 is 0.862 bits per heavy atom. The number of rotatable bonds is 7. The van der Waals surface area contributed by atoms with Crippen molar-refractivity contribution in [2.75, 3.05) is 4.90 Å². The molecule has 11 aromatic rings. The van der Waals surface area contributed by atoms with Crippen LogP contribution in [0.15, 0.2) is 231 Å². The molecule has 0 aliphatic heterocycles. The van der Waals surface area contributed by atoms with Gasteiger partial charge in [-0.3, -0.25) is 0 Å². The van der Waals surface area contributed by atoms with Gasteiger partial charge in [0.05, 0.1) is 16.7 Å². The quantitative estimate of drug-likeness (QED) is 0.158. The van der Waals surface area contributed by atoms with Gasteiger partial charge >= 0.3 is 0 Å². The van der Waals surface area contributed by atoms with E-state index < -0.39 is 0 Å². The highest BCUT2D eigenvalue weighted by atomic mass is 15.1. The maximum Gasteiger partial charge on any atom is 0.0541 e. The van der Waals surface area contributed by atoms with Crippen LogP contribution in [0.25, 0.3) is 82.4 Å². The zero-order chi connectivity index (χ0) is 38.4. The SMILES string of the molecule is c1cc(-c2cccc(-n3c4ccccc4c4ccccc43)c2)cc(N(c2ccc(-c3cccc4ccccc34)cc2)c2ccccc2-c2ccc3ccccc3c2)c1. The molecule has 272 valence electrons. The van der Waals surface area contributed by atoms with E-state index in [1.54, 1.807) is 0 Å². The molecular formula is C56H38N2. The zero-order valence-corrected chi connectivity index (χ0v) is 31.8. The van der Waals surface area contributed by atoms with Crippen molar-refractivity contribution < 1.29 is 0 Å². The summed E-state index contributed by atoms with van der Waals surface area (Å²) >= 11 is 0. The molecule has 2 heteroatoms. The van der Waals surface area contributed by atoms with Crippen molar-refractivity contribution in [3.8, 4) is 39.1 Å². The van der Waals surface area contributed by atoms with Crippen LogP contribution in [0.1, 0.15) is 0 Å². The molecule has 1 aromatic heterocycles. The van der Waals surface area contributed by atoms with Crippen LogP contribution in [-0.4, -0.2) is 4.57 Å². The third-order valence-corrected chi connectivity index (χ3v) is 11.6. The number of fused-ring (bicyclic) bond motifs is 5. The summed E-state index contributed by atoms with van der Waals surface area (Å²) < 4.78 is 2.39. The maximum absolute atomic E-state index is 2.41. The average Bonchev–Trinajstić information content (AvgIpc) is 3.64. The summed E-state index contributed by atoms with van der Waals surface area (Å²) in [7, 11) is 0. The van der Waals surface area contributed by atoms with Crippen molar-refractivity contribution in [3.63, 3.8) is 0 Å². The number of hydrogen-bond acceptors (Lipinski definition) is 1. The Bertz CT molecular complexity index is 3240. The lowest BCUT2D eigenvalue weighted by atomic mass is 9.97. The zero-order valence-electron chi connectivity index (χ0n) is 31.8. The molecule has 2 nitrogen and oxygen atoms in total. The van der Waals surface area contributed by atoms with Gasteiger partial charge in [-0.1, -0.05) is 170 Å². The standard InChI is InChI=1S/C56H38N2/c1-2-16-42-36-45(31-30-39(42)14-1)51-23-5-8-27-54(51)57(46-34-32-41(33-35-46)50-26-13-17-40-15-3-4-22-49(40)50)47-20-11-18-43(37-47)44-19-12-21-48(38-44)58-55-28-9-6-24-52(55)53-25-7-10-29-56(53)58/h1-38H. The second kappa shape index (κ2) is 14.1. The molecule has 0 saturated carbocycles. The summed E-state index contributed by atoms with van der Waals surface area (Å²) in [6, 6.07) is 83.8. The highest BCUT2D eigenvalue weighted by Crippen LogP contribution is 2.43. The maximum atomic E-state index is 2.41. The Labute approximate surface area is 338 Å². The van der Waals surface area contributed by atoms with Crippen molar-refractivity contribution in [3.05, 3.63) is 231 Å². The van der Waals surface area contributed by atoms with Crippen LogP contribution >= 0.6 is 0 Å². The van der Waals surface area contributed by atoms with Crippen LogP contribution in [0.4, 0.5) is 17.1 Å². The Morgan fingerprint density at radius 3 is 1.66 bits per heavy atom. The Morgan fingerprint density at radius 1 is 0.293 bits per heavy atom. The van der Waals surface area contributed by atoms with E-state index in [2.05, 4.69) is 240 Å². The van der Waals surface area contributed by atoms with Gasteiger partial charge in [0.2, 0.25) is 0 Å². The normalized spacial score (nSPS) is 11.4. The smallest absolute Gasteiger partial charge is 0.0541 e. The molecule has 0 aliphatic rings. The Balaban J connectivity index is 1.06. The molecular weight excluding hydrogens is 701 g/mol. The molecule has 0 spiro atoms. The predicted octanol–water partition coefficient (Wildman–Crippen LogP) is 15.6. The third kappa shape index (κ3) is 5.82. The van der Waals surface area contributed by atoms with Crippen LogP contribution in [0, 0.1) is 0 Å². The summed E-state index contributed by atoms with van der Waals surface area (Å²) in [5.74, 6) is 0. The van der Waals surface area contributed by atoms with Crippen LogP contribution < -0.4 is 4.90 Å². The number of aromatic nitrogens is 1. The van der Waals surface area contributed by atoms with Gasteiger partial charge in [0.15, 0.2) is 0 Å². The molecule has 0 bridgehead atoms. The molecule has 0 N–H and O–H groups in total. The fraction of sp³-hybridized carbons (Fsp3) is 0. The van der Waals surface area contributed by atoms with Crippen molar-refractivity contribution in [2.24, 2.45) is 0 Å². The number of anilines is 3. The van der Waals surface area contributed by atoms with Crippen LogP contribution in [-0.2, 0) is 0 Å². The summed E-state index contributed by atoms with van der Waals surface area (Å²) in [4.78, 5) is 2.41. The number of nitrogens with zero attached hydrogens (tertiary/aromatic N) is 2. The lowest BCUT2D eigenvalue weighted by Gasteiger charge is -2.28. The van der Waals surface area contributed by atoms with E-state index in [0.29, 0.717) is 0 Å². The lowest BCUT2D eigenvalue weighted by molar-refractivity contribution is 1.18. The molecule has 0 unspecified atom stereocenters. The minimum absolute atomic E-state index is 1.09. The lowest BCUT2D eigenvalue weighted by Crippen LogP contribution is -2.11. The fourth-order valence-corrected chi connectivity index (χ4v) is 8.81. The molecule has 0 fully saturated rings. The Hall–Kier alpha value is -7.68. The Kier molecular flexibility index (Phi) is 8.19. The van der Waals surface area contributed by atoms with Gasteiger partial charge in [-0.05, 0) is 110 Å². The first-order chi connectivity index (χ1) is 28.8. The van der Waals surface area contributed by atoms with Gasteiger partial charge in [-0.2, -0.15) is 0 Å². The van der Waals surface area contributed by atoms with Crippen LogP contribution in [0.2, 0.25) is 0 Å². The van der Waals surface area contributed by atoms with Crippen molar-refractivity contribution >= 4 is 60.4 Å². The van der Waals surface area contributed by atoms with Gasteiger partial charge in [0, 0.05) is 33.4 Å². The summed E-state index contributed by atoms with van der Waals surface area (Å²) in [5.41, 5.74) is 13.9. The first-order valence-corrected chi connectivity index (χ1v) is 19.9. The molecule has 1 heterocycles. The summed E-state index contributed by atoms with van der Waals surface area (Å²) in [6.07, 6.45) is 0. The topological polar surface area (TPSA) is 8.17 Å². The minimum atomic E-state index is 1.09. The molecule has 11 rings (SSSR count). The predicted molar refractivity (Wildman–Crippen MR) is 247 cm³/mol. The highest BCUT2D eigenvalue weighted by molar-refractivity contribution is 6.09. The van der Waals surface area contributed by atoms with Crippen molar-refractivity contribution in [1.82, 2.24) is 4.57 Å². The van der Waals surface area contributed by atoms with Crippen LogP contribution in [0.3, 0.4) is 0 Å². The van der Waals surface area contributed by atoms with Crippen molar-refractivity contribution in [1.29, 1.82) is 0 Å². The largest absolute Gasteiger partial charge is 0.310 e. The van der Waals surface area contributed by atoms with Gasteiger partial charge < -0.3 is 9.47 Å². The van der Waals surface area contributed by atoms with Crippen molar-refractivity contribution in [2.45, 2.75) is 0 Å².